The lowest BCUT2D eigenvalue weighted by Gasteiger charge is -2.21. The van der Waals surface area contributed by atoms with Crippen molar-refractivity contribution in [3.8, 4) is 5.75 Å². The quantitative estimate of drug-likeness (QED) is 0.557. The summed E-state index contributed by atoms with van der Waals surface area (Å²) in [6.07, 6.45) is 2.21. The molecule has 0 aliphatic heterocycles. The molecule has 0 saturated carbocycles. The fourth-order valence-electron chi connectivity index (χ4n) is 1.48. The lowest BCUT2D eigenvalue weighted by atomic mass is 9.88. The lowest BCUT2D eigenvalue weighted by Crippen LogP contribution is -2.10. The molecule has 13 heavy (non-hydrogen) atoms. The number of aryl methyl sites for hydroxylation is 1. The van der Waals surface area contributed by atoms with Crippen LogP contribution >= 0.6 is 15.9 Å². The molecule has 0 saturated heterocycles. The summed E-state index contributed by atoms with van der Waals surface area (Å²) in [6, 6.07) is 3.78. The van der Waals surface area contributed by atoms with Crippen molar-refractivity contribution < 1.29 is 9.53 Å². The van der Waals surface area contributed by atoms with Crippen LogP contribution in [0.3, 0.4) is 0 Å². The summed E-state index contributed by atoms with van der Waals surface area (Å²) in [5.74, 6) is 0.365. The SMILES string of the molecule is CC(=O)Oc1cc(Br)c2c(c1)CC2. The zero-order valence-corrected chi connectivity index (χ0v) is 8.85. The van der Waals surface area contributed by atoms with Crippen molar-refractivity contribution in [1.29, 1.82) is 0 Å². The Bertz CT molecular complexity index is 354. The van der Waals surface area contributed by atoms with Crippen molar-refractivity contribution >= 4 is 21.9 Å². The molecule has 2 nitrogen and oxygen atoms in total. The summed E-state index contributed by atoms with van der Waals surface area (Å²) in [7, 11) is 0. The van der Waals surface area contributed by atoms with Crippen LogP contribution in [-0.4, -0.2) is 5.97 Å². The summed E-state index contributed by atoms with van der Waals surface area (Å²) in [6.45, 7) is 1.41. The van der Waals surface area contributed by atoms with E-state index in [1.807, 2.05) is 12.1 Å². The number of fused-ring (bicyclic) bond motifs is 1. The normalized spacial score (nSPS) is 13.1. The summed E-state index contributed by atoms with van der Waals surface area (Å²) < 4.78 is 6.04. The second-order valence-electron chi connectivity index (χ2n) is 3.14. The number of benzene rings is 1. The van der Waals surface area contributed by atoms with Gasteiger partial charge in [-0.05, 0) is 36.1 Å². The molecule has 0 aromatic heterocycles. The van der Waals surface area contributed by atoms with E-state index in [0.29, 0.717) is 5.75 Å². The smallest absolute Gasteiger partial charge is 0.308 e. The van der Waals surface area contributed by atoms with E-state index in [-0.39, 0.29) is 5.97 Å². The van der Waals surface area contributed by atoms with Gasteiger partial charge < -0.3 is 4.74 Å². The standard InChI is InChI=1S/C10H9BrO2/c1-6(12)13-8-4-7-2-3-9(7)10(11)5-8/h4-5H,2-3H2,1H3. The Kier molecular flexibility index (Phi) is 2.12. The van der Waals surface area contributed by atoms with Crippen molar-refractivity contribution in [3.05, 3.63) is 27.7 Å². The monoisotopic (exact) mass is 240 g/mol. The average molecular weight is 241 g/mol. The van der Waals surface area contributed by atoms with Crippen LogP contribution < -0.4 is 4.74 Å². The van der Waals surface area contributed by atoms with Crippen LogP contribution in [0.4, 0.5) is 0 Å². The second kappa shape index (κ2) is 3.14. The maximum Gasteiger partial charge on any atom is 0.308 e. The van der Waals surface area contributed by atoms with Crippen LogP contribution in [0.5, 0.6) is 5.75 Å². The third-order valence-corrected chi connectivity index (χ3v) is 2.87. The number of carbonyl (C=O) groups is 1. The van der Waals surface area contributed by atoms with Crippen molar-refractivity contribution in [1.82, 2.24) is 0 Å². The van der Waals surface area contributed by atoms with Crippen molar-refractivity contribution in [3.63, 3.8) is 0 Å². The van der Waals surface area contributed by atoms with Crippen LogP contribution in [0.2, 0.25) is 0 Å². The van der Waals surface area contributed by atoms with Gasteiger partial charge in [0.2, 0.25) is 0 Å². The van der Waals surface area contributed by atoms with E-state index in [1.165, 1.54) is 18.1 Å². The number of hydrogen-bond donors (Lipinski definition) is 0. The van der Waals surface area contributed by atoms with Gasteiger partial charge in [0.1, 0.15) is 5.75 Å². The Hall–Kier alpha value is -0.830. The van der Waals surface area contributed by atoms with Gasteiger partial charge in [0.25, 0.3) is 0 Å². The van der Waals surface area contributed by atoms with Gasteiger partial charge in [0, 0.05) is 11.4 Å². The topological polar surface area (TPSA) is 26.3 Å². The third kappa shape index (κ3) is 1.61. The molecule has 0 atom stereocenters. The lowest BCUT2D eigenvalue weighted by molar-refractivity contribution is -0.131. The molecule has 0 radical (unpaired) electrons. The number of ether oxygens (including phenoxy) is 1. The van der Waals surface area contributed by atoms with Gasteiger partial charge in [-0.25, -0.2) is 0 Å². The highest BCUT2D eigenvalue weighted by atomic mass is 79.9. The van der Waals surface area contributed by atoms with Crippen molar-refractivity contribution in [2.75, 3.05) is 0 Å². The molecule has 0 heterocycles. The van der Waals surface area contributed by atoms with Gasteiger partial charge in [0.15, 0.2) is 0 Å². The van der Waals surface area contributed by atoms with Gasteiger partial charge in [-0.15, -0.1) is 0 Å². The molecule has 2 rings (SSSR count). The Labute approximate surface area is 85.0 Å². The van der Waals surface area contributed by atoms with Gasteiger partial charge in [-0.3, -0.25) is 4.79 Å². The van der Waals surface area contributed by atoms with Crippen LogP contribution in [0.15, 0.2) is 16.6 Å². The first-order chi connectivity index (χ1) is 6.16. The summed E-state index contributed by atoms with van der Waals surface area (Å²) in [5.41, 5.74) is 2.63. The van der Waals surface area contributed by atoms with Crippen LogP contribution in [-0.2, 0) is 17.6 Å². The minimum Gasteiger partial charge on any atom is -0.427 e. The first-order valence-electron chi connectivity index (χ1n) is 4.16. The predicted molar refractivity (Wildman–Crippen MR) is 52.9 cm³/mol. The molecule has 1 aromatic carbocycles. The molecule has 0 unspecified atom stereocenters. The number of hydrogen-bond acceptors (Lipinski definition) is 2. The Balaban J connectivity index is 2.33. The minimum absolute atomic E-state index is 0.272. The number of rotatable bonds is 1. The van der Waals surface area contributed by atoms with E-state index in [2.05, 4.69) is 15.9 Å². The third-order valence-electron chi connectivity index (χ3n) is 2.17. The average Bonchev–Trinajstić information content (AvgIpc) is 1.93. The molecular formula is C10H9BrO2. The largest absolute Gasteiger partial charge is 0.427 e. The fraction of sp³-hybridized carbons (Fsp3) is 0.300. The van der Waals surface area contributed by atoms with E-state index in [0.717, 1.165) is 17.3 Å². The second-order valence-corrected chi connectivity index (χ2v) is 3.99. The van der Waals surface area contributed by atoms with Crippen LogP contribution in [0, 0.1) is 0 Å². The highest BCUT2D eigenvalue weighted by molar-refractivity contribution is 9.10. The van der Waals surface area contributed by atoms with Crippen molar-refractivity contribution in [2.45, 2.75) is 19.8 Å². The summed E-state index contributed by atoms with van der Waals surface area (Å²) in [4.78, 5) is 10.7. The summed E-state index contributed by atoms with van der Waals surface area (Å²) >= 11 is 3.45. The molecule has 0 fully saturated rings. The predicted octanol–water partition coefficient (Wildman–Crippen LogP) is 2.47. The zero-order chi connectivity index (χ0) is 9.42. The Morgan fingerprint density at radius 1 is 1.46 bits per heavy atom. The van der Waals surface area contributed by atoms with E-state index in [4.69, 9.17) is 4.74 Å². The highest BCUT2D eigenvalue weighted by Crippen LogP contribution is 2.34. The molecule has 68 valence electrons. The molecule has 1 aliphatic rings. The number of esters is 1. The zero-order valence-electron chi connectivity index (χ0n) is 7.26. The van der Waals surface area contributed by atoms with Crippen LogP contribution in [0.25, 0.3) is 0 Å². The number of carbonyl (C=O) groups excluding carboxylic acids is 1. The van der Waals surface area contributed by atoms with E-state index >= 15 is 0 Å². The molecule has 0 N–H and O–H groups in total. The molecule has 1 aromatic rings. The fourth-order valence-corrected chi connectivity index (χ4v) is 2.16. The molecule has 0 bridgehead atoms. The van der Waals surface area contributed by atoms with E-state index in [9.17, 15) is 4.79 Å². The van der Waals surface area contributed by atoms with Gasteiger partial charge in [0.05, 0.1) is 0 Å². The molecule has 0 amide bonds. The highest BCUT2D eigenvalue weighted by Gasteiger charge is 2.17. The maximum atomic E-state index is 10.7. The first kappa shape index (κ1) is 8.75. The van der Waals surface area contributed by atoms with E-state index < -0.39 is 0 Å². The van der Waals surface area contributed by atoms with Gasteiger partial charge >= 0.3 is 5.97 Å². The van der Waals surface area contributed by atoms with Gasteiger partial charge in [-0.2, -0.15) is 0 Å². The molecule has 3 heteroatoms. The van der Waals surface area contributed by atoms with Crippen LogP contribution in [0.1, 0.15) is 18.1 Å². The Morgan fingerprint density at radius 2 is 2.23 bits per heavy atom. The summed E-state index contributed by atoms with van der Waals surface area (Å²) in [5, 5.41) is 0. The first-order valence-corrected chi connectivity index (χ1v) is 4.96. The number of halogens is 1. The molecule has 0 spiro atoms. The molecular weight excluding hydrogens is 232 g/mol. The van der Waals surface area contributed by atoms with E-state index in [1.54, 1.807) is 0 Å². The molecule has 1 aliphatic carbocycles. The Morgan fingerprint density at radius 3 is 2.69 bits per heavy atom. The van der Waals surface area contributed by atoms with Crippen molar-refractivity contribution in [2.24, 2.45) is 0 Å². The van der Waals surface area contributed by atoms with Gasteiger partial charge in [-0.1, -0.05) is 15.9 Å². The maximum absolute atomic E-state index is 10.7. The minimum atomic E-state index is -0.272.